The van der Waals surface area contributed by atoms with Gasteiger partial charge in [-0.3, -0.25) is 14.9 Å². The van der Waals surface area contributed by atoms with Crippen molar-refractivity contribution < 1.29 is 28.7 Å². The summed E-state index contributed by atoms with van der Waals surface area (Å²) in [5.74, 6) is -2.44. The minimum atomic E-state index is -1.12. The molecule has 4 rings (SSSR count). The number of barbiturate groups is 1. The summed E-state index contributed by atoms with van der Waals surface area (Å²) in [6.07, 6.45) is 1.19. The van der Waals surface area contributed by atoms with Crippen molar-refractivity contribution in [3.63, 3.8) is 0 Å². The molecule has 0 saturated carbocycles. The number of hydrogen-bond donors (Lipinski definition) is 2. The van der Waals surface area contributed by atoms with Gasteiger partial charge in [-0.15, -0.1) is 0 Å². The van der Waals surface area contributed by atoms with Gasteiger partial charge in [0.2, 0.25) is 0 Å². The summed E-state index contributed by atoms with van der Waals surface area (Å²) in [5, 5.41) is 11.9. The van der Waals surface area contributed by atoms with Gasteiger partial charge in [-0.1, -0.05) is 29.8 Å². The minimum Gasteiger partial charge on any atom is -0.478 e. The number of carbonyl (C=O) groups excluding carboxylic acids is 3. The predicted molar refractivity (Wildman–Crippen MR) is 112 cm³/mol. The van der Waals surface area contributed by atoms with E-state index in [0.717, 1.165) is 4.90 Å². The Morgan fingerprint density at radius 2 is 1.71 bits per heavy atom. The summed E-state index contributed by atoms with van der Waals surface area (Å²) in [6.45, 7) is 0. The molecular formula is C22H13ClN2O6. The molecule has 0 unspecified atom stereocenters. The summed E-state index contributed by atoms with van der Waals surface area (Å²) < 4.78 is 5.65. The topological polar surface area (TPSA) is 117 Å². The molecule has 0 radical (unpaired) electrons. The average Bonchev–Trinajstić information content (AvgIpc) is 3.21. The molecule has 2 heterocycles. The molecule has 31 heavy (non-hydrogen) atoms. The summed E-state index contributed by atoms with van der Waals surface area (Å²) in [5.41, 5.74) is 0.307. The Kier molecular flexibility index (Phi) is 5.14. The van der Waals surface area contributed by atoms with E-state index in [1.54, 1.807) is 18.2 Å². The average molecular weight is 437 g/mol. The molecule has 4 amide bonds. The third-order valence-electron chi connectivity index (χ3n) is 4.52. The second kappa shape index (κ2) is 7.92. The third kappa shape index (κ3) is 3.84. The number of furan rings is 1. The highest BCUT2D eigenvalue weighted by Crippen LogP contribution is 2.28. The van der Waals surface area contributed by atoms with Crippen molar-refractivity contribution in [2.45, 2.75) is 0 Å². The number of carboxylic acid groups (broad SMARTS) is 1. The van der Waals surface area contributed by atoms with Crippen LogP contribution in [0.2, 0.25) is 5.02 Å². The summed E-state index contributed by atoms with van der Waals surface area (Å²) in [4.78, 5) is 49.6. The molecule has 1 saturated heterocycles. The van der Waals surface area contributed by atoms with Crippen molar-refractivity contribution in [3.05, 3.63) is 82.6 Å². The predicted octanol–water partition coefficient (Wildman–Crippen LogP) is 3.96. The van der Waals surface area contributed by atoms with Gasteiger partial charge in [0.1, 0.15) is 17.1 Å². The largest absolute Gasteiger partial charge is 0.478 e. The monoisotopic (exact) mass is 436 g/mol. The van der Waals surface area contributed by atoms with Crippen molar-refractivity contribution in [3.8, 4) is 11.3 Å². The fourth-order valence-electron chi connectivity index (χ4n) is 3.08. The normalized spacial score (nSPS) is 15.3. The molecular weight excluding hydrogens is 424 g/mol. The van der Waals surface area contributed by atoms with Crippen LogP contribution in [0.15, 0.2) is 70.7 Å². The maximum Gasteiger partial charge on any atom is 0.336 e. The van der Waals surface area contributed by atoms with Crippen LogP contribution in [-0.2, 0) is 9.59 Å². The Bertz CT molecular complexity index is 1260. The number of amides is 4. The second-order valence-electron chi connectivity index (χ2n) is 6.49. The molecule has 1 aliphatic heterocycles. The first kappa shape index (κ1) is 20.1. The molecule has 8 nitrogen and oxygen atoms in total. The molecule has 1 fully saturated rings. The van der Waals surface area contributed by atoms with Crippen molar-refractivity contribution in [2.24, 2.45) is 0 Å². The molecule has 3 aromatic rings. The number of imide groups is 2. The molecule has 0 bridgehead atoms. The fourth-order valence-corrected chi connectivity index (χ4v) is 3.21. The maximum atomic E-state index is 12.9. The number of nitrogens with zero attached hydrogens (tertiary/aromatic N) is 1. The van der Waals surface area contributed by atoms with Crippen LogP contribution in [-0.4, -0.2) is 28.9 Å². The van der Waals surface area contributed by atoms with Gasteiger partial charge in [-0.05, 0) is 48.5 Å². The van der Waals surface area contributed by atoms with Gasteiger partial charge in [0.15, 0.2) is 0 Å². The van der Waals surface area contributed by atoms with Gasteiger partial charge in [-0.2, -0.15) is 0 Å². The quantitative estimate of drug-likeness (QED) is 0.472. The molecule has 0 atom stereocenters. The van der Waals surface area contributed by atoms with Gasteiger partial charge in [-0.25, -0.2) is 14.5 Å². The molecule has 1 aliphatic rings. The number of nitrogens with one attached hydrogen (secondary N) is 1. The maximum absolute atomic E-state index is 12.9. The lowest BCUT2D eigenvalue weighted by Gasteiger charge is -2.26. The lowest BCUT2D eigenvalue weighted by molar-refractivity contribution is -0.122. The van der Waals surface area contributed by atoms with Crippen molar-refractivity contribution >= 4 is 47.2 Å². The van der Waals surface area contributed by atoms with Crippen LogP contribution in [0.1, 0.15) is 16.1 Å². The Morgan fingerprint density at radius 1 is 1.00 bits per heavy atom. The Labute approximate surface area is 180 Å². The first-order chi connectivity index (χ1) is 14.8. The van der Waals surface area contributed by atoms with E-state index in [4.69, 9.17) is 16.0 Å². The third-order valence-corrected chi connectivity index (χ3v) is 4.77. The molecule has 9 heteroatoms. The van der Waals surface area contributed by atoms with Gasteiger partial charge >= 0.3 is 12.0 Å². The summed E-state index contributed by atoms with van der Waals surface area (Å²) in [6, 6.07) is 14.4. The van der Waals surface area contributed by atoms with Gasteiger partial charge in [0.05, 0.1) is 11.3 Å². The minimum absolute atomic E-state index is 0.0436. The highest BCUT2D eigenvalue weighted by Gasteiger charge is 2.37. The van der Waals surface area contributed by atoms with Crippen LogP contribution >= 0.6 is 11.6 Å². The van der Waals surface area contributed by atoms with E-state index < -0.39 is 23.8 Å². The Balaban J connectivity index is 1.69. The van der Waals surface area contributed by atoms with E-state index in [2.05, 4.69) is 5.32 Å². The fraction of sp³-hybridized carbons (Fsp3) is 0. The van der Waals surface area contributed by atoms with Gasteiger partial charge < -0.3 is 9.52 Å². The Hall–Kier alpha value is -4.17. The van der Waals surface area contributed by atoms with Crippen LogP contribution in [0.3, 0.4) is 0 Å². The first-order valence-corrected chi connectivity index (χ1v) is 9.32. The van der Waals surface area contributed by atoms with Crippen LogP contribution in [0.5, 0.6) is 0 Å². The van der Waals surface area contributed by atoms with E-state index >= 15 is 0 Å². The lowest BCUT2D eigenvalue weighted by Crippen LogP contribution is -2.54. The molecule has 0 aliphatic carbocycles. The molecule has 2 N–H and O–H groups in total. The molecule has 0 spiro atoms. The summed E-state index contributed by atoms with van der Waals surface area (Å²) >= 11 is 5.85. The second-order valence-corrected chi connectivity index (χ2v) is 6.92. The number of halogens is 1. The van der Waals surface area contributed by atoms with Crippen molar-refractivity contribution in [1.82, 2.24) is 5.32 Å². The van der Waals surface area contributed by atoms with Crippen LogP contribution in [0.25, 0.3) is 17.4 Å². The number of aromatic carboxylic acids is 1. The number of carbonyl (C=O) groups is 4. The first-order valence-electron chi connectivity index (χ1n) is 8.94. The number of carboxylic acids is 1. The van der Waals surface area contributed by atoms with E-state index in [1.807, 2.05) is 0 Å². The summed E-state index contributed by atoms with van der Waals surface area (Å²) in [7, 11) is 0. The molecule has 154 valence electrons. The number of anilines is 1. The molecule has 2 aromatic carbocycles. The Morgan fingerprint density at radius 3 is 2.42 bits per heavy atom. The SMILES string of the molecule is O=C1NC(=O)N(c2ccc(Cl)cc2)C(=O)/C1=C\c1ccc(-c2ccccc2C(=O)O)o1. The van der Waals surface area contributed by atoms with Gasteiger partial charge in [0.25, 0.3) is 11.8 Å². The van der Waals surface area contributed by atoms with E-state index in [9.17, 15) is 24.3 Å². The zero-order chi connectivity index (χ0) is 22.1. The van der Waals surface area contributed by atoms with E-state index in [1.165, 1.54) is 48.5 Å². The smallest absolute Gasteiger partial charge is 0.336 e. The van der Waals surface area contributed by atoms with Crippen LogP contribution in [0.4, 0.5) is 10.5 Å². The highest BCUT2D eigenvalue weighted by atomic mass is 35.5. The van der Waals surface area contributed by atoms with Gasteiger partial charge in [0, 0.05) is 10.6 Å². The standard InChI is InChI=1S/C22H13ClN2O6/c23-12-5-7-13(8-6-12)25-20(27)17(19(26)24-22(25)30)11-14-9-10-18(31-14)15-3-1-2-4-16(15)21(28)29/h1-11H,(H,28,29)(H,24,26,30)/b17-11-. The van der Waals surface area contributed by atoms with Crippen LogP contribution in [0, 0.1) is 0 Å². The van der Waals surface area contributed by atoms with E-state index in [-0.39, 0.29) is 28.3 Å². The number of hydrogen-bond acceptors (Lipinski definition) is 5. The number of urea groups is 1. The number of benzene rings is 2. The highest BCUT2D eigenvalue weighted by molar-refractivity contribution is 6.39. The zero-order valence-corrected chi connectivity index (χ0v) is 16.4. The number of rotatable bonds is 4. The van der Waals surface area contributed by atoms with Crippen LogP contribution < -0.4 is 10.2 Å². The zero-order valence-electron chi connectivity index (χ0n) is 15.7. The molecule has 1 aromatic heterocycles. The van der Waals surface area contributed by atoms with E-state index in [0.29, 0.717) is 10.6 Å². The lowest BCUT2D eigenvalue weighted by atomic mass is 10.1. The van der Waals surface area contributed by atoms with Crippen molar-refractivity contribution in [1.29, 1.82) is 0 Å². The van der Waals surface area contributed by atoms with Crippen molar-refractivity contribution in [2.75, 3.05) is 4.90 Å².